The fraction of sp³-hybridized carbons (Fsp3) is 0. The minimum Gasteiger partial charge on any atom is -0.265 e. The zero-order chi connectivity index (χ0) is 11.0. The van der Waals surface area contributed by atoms with Gasteiger partial charge < -0.3 is 0 Å². The highest BCUT2D eigenvalue weighted by molar-refractivity contribution is 9.11. The molecule has 0 spiro atoms. The molecule has 0 saturated carbocycles. The monoisotopic (exact) mass is 289 g/mol. The third-order valence-electron chi connectivity index (χ3n) is 2.52. The summed E-state index contributed by atoms with van der Waals surface area (Å²) in [6, 6.07) is 12.5. The molecule has 1 aromatic carbocycles. The lowest BCUT2D eigenvalue weighted by atomic mass is 10.1. The van der Waals surface area contributed by atoms with Crippen LogP contribution in [0.5, 0.6) is 0 Å². The van der Waals surface area contributed by atoms with Crippen molar-refractivity contribution >= 4 is 37.4 Å². The largest absolute Gasteiger partial charge is 0.265 e. The highest BCUT2D eigenvalue weighted by atomic mass is 79.9. The van der Waals surface area contributed by atoms with Gasteiger partial charge in [0, 0.05) is 28.0 Å². The van der Waals surface area contributed by atoms with Crippen LogP contribution in [0.15, 0.2) is 52.6 Å². The summed E-state index contributed by atoms with van der Waals surface area (Å²) >= 11 is 5.41. The summed E-state index contributed by atoms with van der Waals surface area (Å²) in [5.41, 5.74) is 2.47. The molecule has 3 rings (SSSR count). The fourth-order valence-electron chi connectivity index (χ4n) is 1.80. The number of pyridine rings is 1. The predicted octanol–water partition coefficient (Wildman–Crippen LogP) is 4.73. The lowest BCUT2D eigenvalue weighted by molar-refractivity contribution is 1.33. The quantitative estimate of drug-likeness (QED) is 0.631. The molecule has 0 fully saturated rings. The molecule has 0 unspecified atom stereocenters. The maximum atomic E-state index is 4.05. The highest BCUT2D eigenvalue weighted by Crippen LogP contribution is 2.41. The van der Waals surface area contributed by atoms with E-state index in [1.54, 1.807) is 11.3 Å². The Bertz CT molecular complexity index is 631. The summed E-state index contributed by atoms with van der Waals surface area (Å²) in [7, 11) is 0. The zero-order valence-corrected chi connectivity index (χ0v) is 10.8. The van der Waals surface area contributed by atoms with E-state index in [-0.39, 0.29) is 0 Å². The Morgan fingerprint density at radius 1 is 1.00 bits per heavy atom. The first-order chi connectivity index (χ1) is 7.86. The van der Waals surface area contributed by atoms with Crippen LogP contribution in [0.3, 0.4) is 0 Å². The summed E-state index contributed by atoms with van der Waals surface area (Å²) in [5, 5.41) is 1.30. The Hall–Kier alpha value is -1.19. The number of nitrogens with zero attached hydrogens (tertiary/aromatic N) is 1. The third kappa shape index (κ3) is 1.56. The number of rotatable bonds is 1. The Labute approximate surface area is 106 Å². The molecule has 1 nitrogen and oxygen atoms in total. The summed E-state index contributed by atoms with van der Waals surface area (Å²) in [6.07, 6.45) is 3.66. The van der Waals surface area contributed by atoms with Gasteiger partial charge >= 0.3 is 0 Å². The normalized spacial score (nSPS) is 10.8. The molecule has 3 aromatic rings. The van der Waals surface area contributed by atoms with Crippen molar-refractivity contribution in [2.45, 2.75) is 0 Å². The van der Waals surface area contributed by atoms with Gasteiger partial charge in [-0.2, -0.15) is 0 Å². The highest BCUT2D eigenvalue weighted by Gasteiger charge is 2.10. The average molecular weight is 290 g/mol. The Balaban J connectivity index is 2.35. The second-order valence-electron chi connectivity index (χ2n) is 3.48. The van der Waals surface area contributed by atoms with Crippen molar-refractivity contribution in [3.8, 4) is 11.1 Å². The summed E-state index contributed by atoms with van der Waals surface area (Å²) < 4.78 is 2.49. The molecule has 2 heterocycles. The zero-order valence-electron chi connectivity index (χ0n) is 8.35. The molecule has 0 aliphatic rings. The number of benzene rings is 1. The number of hydrogen-bond acceptors (Lipinski definition) is 2. The lowest BCUT2D eigenvalue weighted by Gasteiger charge is -1.99. The van der Waals surface area contributed by atoms with Crippen molar-refractivity contribution < 1.29 is 0 Å². The van der Waals surface area contributed by atoms with E-state index in [9.17, 15) is 0 Å². The molecule has 16 heavy (non-hydrogen) atoms. The first-order valence-corrected chi connectivity index (χ1v) is 6.54. The third-order valence-corrected chi connectivity index (χ3v) is 4.36. The van der Waals surface area contributed by atoms with Crippen LogP contribution < -0.4 is 0 Å². The number of thiophene rings is 1. The molecule has 2 aromatic heterocycles. The van der Waals surface area contributed by atoms with Gasteiger partial charge in [0.2, 0.25) is 0 Å². The van der Waals surface area contributed by atoms with E-state index in [0.29, 0.717) is 0 Å². The topological polar surface area (TPSA) is 12.9 Å². The van der Waals surface area contributed by atoms with Crippen molar-refractivity contribution in [3.05, 3.63) is 52.6 Å². The van der Waals surface area contributed by atoms with Gasteiger partial charge in [-0.05, 0) is 39.7 Å². The van der Waals surface area contributed by atoms with Crippen molar-refractivity contribution in [1.82, 2.24) is 4.98 Å². The van der Waals surface area contributed by atoms with Crippen LogP contribution in [0, 0.1) is 0 Å². The standard InChI is InChI=1S/C13H8BrNS/c14-13-12(9-5-7-15-8-6-9)10-3-1-2-4-11(10)16-13/h1-8H. The molecule has 0 aliphatic carbocycles. The predicted molar refractivity (Wildman–Crippen MR) is 72.8 cm³/mol. The second-order valence-corrected chi connectivity index (χ2v) is 5.85. The van der Waals surface area contributed by atoms with E-state index in [2.05, 4.69) is 45.2 Å². The first kappa shape index (κ1) is 10.00. The van der Waals surface area contributed by atoms with Crippen molar-refractivity contribution in [1.29, 1.82) is 0 Å². The van der Waals surface area contributed by atoms with Gasteiger partial charge in [-0.3, -0.25) is 4.98 Å². The van der Waals surface area contributed by atoms with Crippen LogP contribution in [0.1, 0.15) is 0 Å². The number of aromatic nitrogens is 1. The summed E-state index contributed by atoms with van der Waals surface area (Å²) in [4.78, 5) is 4.05. The van der Waals surface area contributed by atoms with Crippen LogP contribution in [0.4, 0.5) is 0 Å². The van der Waals surface area contributed by atoms with Gasteiger partial charge in [0.1, 0.15) is 0 Å². The molecule has 0 bridgehead atoms. The lowest BCUT2D eigenvalue weighted by Crippen LogP contribution is -1.76. The minimum absolute atomic E-state index is 1.18. The van der Waals surface area contributed by atoms with E-state index in [4.69, 9.17) is 0 Å². The van der Waals surface area contributed by atoms with E-state index in [1.165, 1.54) is 25.0 Å². The molecular formula is C13H8BrNS. The maximum absolute atomic E-state index is 4.05. The molecule has 0 N–H and O–H groups in total. The van der Waals surface area contributed by atoms with Crippen LogP contribution in [-0.2, 0) is 0 Å². The number of fused-ring (bicyclic) bond motifs is 1. The number of hydrogen-bond donors (Lipinski definition) is 0. The maximum Gasteiger partial charge on any atom is 0.0789 e. The SMILES string of the molecule is Brc1sc2ccccc2c1-c1ccncc1. The summed E-state index contributed by atoms with van der Waals surface area (Å²) in [5.74, 6) is 0. The van der Waals surface area contributed by atoms with E-state index >= 15 is 0 Å². The molecule has 3 heteroatoms. The van der Waals surface area contributed by atoms with Crippen LogP contribution in [0.2, 0.25) is 0 Å². The van der Waals surface area contributed by atoms with Gasteiger partial charge in [0.15, 0.2) is 0 Å². The van der Waals surface area contributed by atoms with Gasteiger partial charge in [-0.1, -0.05) is 18.2 Å². The first-order valence-electron chi connectivity index (χ1n) is 4.93. The van der Waals surface area contributed by atoms with Crippen LogP contribution >= 0.6 is 27.3 Å². The molecule has 78 valence electrons. The average Bonchev–Trinajstić information content (AvgIpc) is 2.66. The molecule has 0 saturated heterocycles. The molecular weight excluding hydrogens is 282 g/mol. The molecule has 0 atom stereocenters. The Morgan fingerprint density at radius 3 is 2.56 bits per heavy atom. The van der Waals surface area contributed by atoms with E-state index in [1.807, 2.05) is 24.5 Å². The van der Waals surface area contributed by atoms with Crippen LogP contribution in [-0.4, -0.2) is 4.98 Å². The van der Waals surface area contributed by atoms with E-state index < -0.39 is 0 Å². The smallest absolute Gasteiger partial charge is 0.0789 e. The minimum atomic E-state index is 1.18. The second kappa shape index (κ2) is 4.00. The van der Waals surface area contributed by atoms with Gasteiger partial charge in [0.05, 0.1) is 3.79 Å². The van der Waals surface area contributed by atoms with Gasteiger partial charge in [0.25, 0.3) is 0 Å². The molecule has 0 radical (unpaired) electrons. The van der Waals surface area contributed by atoms with Crippen molar-refractivity contribution in [2.24, 2.45) is 0 Å². The van der Waals surface area contributed by atoms with Gasteiger partial charge in [-0.15, -0.1) is 11.3 Å². The van der Waals surface area contributed by atoms with Crippen LogP contribution in [0.25, 0.3) is 21.2 Å². The molecule has 0 amide bonds. The fourth-order valence-corrected chi connectivity index (χ4v) is 3.72. The Kier molecular flexibility index (Phi) is 2.50. The van der Waals surface area contributed by atoms with Crippen molar-refractivity contribution in [2.75, 3.05) is 0 Å². The van der Waals surface area contributed by atoms with E-state index in [0.717, 1.165) is 0 Å². The van der Waals surface area contributed by atoms with Crippen molar-refractivity contribution in [3.63, 3.8) is 0 Å². The number of halogens is 1. The Morgan fingerprint density at radius 2 is 1.75 bits per heavy atom. The summed E-state index contributed by atoms with van der Waals surface area (Å²) in [6.45, 7) is 0. The molecule has 0 aliphatic heterocycles. The van der Waals surface area contributed by atoms with Gasteiger partial charge in [-0.25, -0.2) is 0 Å².